The van der Waals surface area contributed by atoms with Gasteiger partial charge in [0.05, 0.1) is 6.61 Å². The first kappa shape index (κ1) is 10.9. The largest absolute Gasteiger partial charge is 0.493 e. The van der Waals surface area contributed by atoms with Gasteiger partial charge in [-0.2, -0.15) is 12.6 Å². The van der Waals surface area contributed by atoms with Gasteiger partial charge in [0.1, 0.15) is 5.75 Å². The van der Waals surface area contributed by atoms with Crippen molar-refractivity contribution in [2.75, 3.05) is 12.4 Å². The number of thiol groups is 1. The van der Waals surface area contributed by atoms with Crippen LogP contribution >= 0.6 is 12.6 Å². The van der Waals surface area contributed by atoms with Crippen LogP contribution in [0.15, 0.2) is 18.2 Å². The molecule has 0 aliphatic heterocycles. The molecule has 0 atom stereocenters. The van der Waals surface area contributed by atoms with Crippen LogP contribution in [0.25, 0.3) is 0 Å². The molecule has 2 heteroatoms. The third kappa shape index (κ3) is 2.49. The van der Waals surface area contributed by atoms with Gasteiger partial charge in [0, 0.05) is 5.41 Å². The average Bonchev–Trinajstić information content (AvgIpc) is 2.97. The van der Waals surface area contributed by atoms with E-state index >= 15 is 0 Å². The Morgan fingerprint density at radius 2 is 2.07 bits per heavy atom. The van der Waals surface area contributed by atoms with Crippen LogP contribution in [0.4, 0.5) is 0 Å². The molecule has 0 spiro atoms. The van der Waals surface area contributed by atoms with E-state index in [9.17, 15) is 0 Å². The molecule has 1 aromatic rings. The highest BCUT2D eigenvalue weighted by Gasteiger charge is 2.42. The quantitative estimate of drug-likeness (QED) is 0.768. The number of benzene rings is 1. The summed E-state index contributed by atoms with van der Waals surface area (Å²) in [5.41, 5.74) is 2.89. The Labute approximate surface area is 97.2 Å². The van der Waals surface area contributed by atoms with E-state index in [1.807, 2.05) is 0 Å². The molecule has 1 saturated carbocycles. The van der Waals surface area contributed by atoms with Crippen molar-refractivity contribution in [1.82, 2.24) is 0 Å². The van der Waals surface area contributed by atoms with Crippen molar-refractivity contribution in [2.24, 2.45) is 5.41 Å². The van der Waals surface area contributed by atoms with Crippen molar-refractivity contribution in [3.05, 3.63) is 29.3 Å². The van der Waals surface area contributed by atoms with Crippen LogP contribution in [0.3, 0.4) is 0 Å². The van der Waals surface area contributed by atoms with Gasteiger partial charge in [0.2, 0.25) is 0 Å². The maximum Gasteiger partial charge on any atom is 0.122 e. The van der Waals surface area contributed by atoms with E-state index in [-0.39, 0.29) is 0 Å². The van der Waals surface area contributed by atoms with E-state index in [0.717, 1.165) is 18.1 Å². The van der Waals surface area contributed by atoms with E-state index in [1.54, 1.807) is 0 Å². The minimum Gasteiger partial charge on any atom is -0.493 e. The van der Waals surface area contributed by atoms with Crippen molar-refractivity contribution < 1.29 is 4.74 Å². The summed E-state index contributed by atoms with van der Waals surface area (Å²) in [7, 11) is 0. The topological polar surface area (TPSA) is 9.23 Å². The van der Waals surface area contributed by atoms with Crippen LogP contribution in [0.1, 0.15) is 24.0 Å². The third-order valence-electron chi connectivity index (χ3n) is 3.16. The fourth-order valence-corrected chi connectivity index (χ4v) is 2.12. The number of hydrogen-bond donors (Lipinski definition) is 1. The molecule has 1 nitrogen and oxygen atoms in total. The smallest absolute Gasteiger partial charge is 0.122 e. The molecule has 0 bridgehead atoms. The second-order valence-electron chi connectivity index (χ2n) is 4.72. The third-order valence-corrected chi connectivity index (χ3v) is 3.83. The Morgan fingerprint density at radius 1 is 1.33 bits per heavy atom. The molecule has 82 valence electrons. The predicted octanol–water partition coefficient (Wildman–Crippen LogP) is 3.39. The summed E-state index contributed by atoms with van der Waals surface area (Å²) in [5, 5.41) is 0. The maximum atomic E-state index is 5.86. The van der Waals surface area contributed by atoms with Gasteiger partial charge in [-0.3, -0.25) is 0 Å². The number of ether oxygens (including phenoxy) is 1. The molecule has 15 heavy (non-hydrogen) atoms. The van der Waals surface area contributed by atoms with E-state index < -0.39 is 0 Å². The second kappa shape index (κ2) is 4.09. The molecule has 0 unspecified atom stereocenters. The lowest BCUT2D eigenvalue weighted by molar-refractivity contribution is 0.249. The van der Waals surface area contributed by atoms with Crippen molar-refractivity contribution >= 4 is 12.6 Å². The average molecular weight is 222 g/mol. The first-order valence-electron chi connectivity index (χ1n) is 5.46. The minimum atomic E-state index is 0.375. The summed E-state index contributed by atoms with van der Waals surface area (Å²) in [5.74, 6) is 1.96. The highest BCUT2D eigenvalue weighted by Crippen LogP contribution is 2.46. The van der Waals surface area contributed by atoms with E-state index in [0.29, 0.717) is 5.41 Å². The van der Waals surface area contributed by atoms with Gasteiger partial charge in [-0.1, -0.05) is 17.7 Å². The summed E-state index contributed by atoms with van der Waals surface area (Å²) in [6.45, 7) is 5.02. The van der Waals surface area contributed by atoms with Crippen molar-refractivity contribution in [3.8, 4) is 5.75 Å². The summed E-state index contributed by atoms with van der Waals surface area (Å²) in [4.78, 5) is 0. The van der Waals surface area contributed by atoms with Gasteiger partial charge in [0.15, 0.2) is 0 Å². The van der Waals surface area contributed by atoms with Crippen molar-refractivity contribution in [3.63, 3.8) is 0 Å². The second-order valence-corrected chi connectivity index (χ2v) is 5.03. The zero-order chi connectivity index (χ0) is 10.9. The fourth-order valence-electron chi connectivity index (χ4n) is 1.72. The van der Waals surface area contributed by atoms with Gasteiger partial charge in [-0.15, -0.1) is 0 Å². The molecule has 0 aromatic heterocycles. The van der Waals surface area contributed by atoms with E-state index in [1.165, 1.54) is 24.0 Å². The maximum absolute atomic E-state index is 5.86. The van der Waals surface area contributed by atoms with Gasteiger partial charge >= 0.3 is 0 Å². The predicted molar refractivity (Wildman–Crippen MR) is 66.9 cm³/mol. The van der Waals surface area contributed by atoms with Gasteiger partial charge in [-0.25, -0.2) is 0 Å². The van der Waals surface area contributed by atoms with Gasteiger partial charge in [0.25, 0.3) is 0 Å². The Bertz CT molecular complexity index is 356. The lowest BCUT2D eigenvalue weighted by atomic mass is 10.1. The SMILES string of the molecule is Cc1ccc(OCC2(CS)CC2)c(C)c1. The molecule has 0 amide bonds. The number of aryl methyl sites for hydroxylation is 2. The highest BCUT2D eigenvalue weighted by atomic mass is 32.1. The molecule has 1 aliphatic rings. The van der Waals surface area contributed by atoms with Crippen molar-refractivity contribution in [2.45, 2.75) is 26.7 Å². The normalized spacial score (nSPS) is 17.5. The molecule has 0 saturated heterocycles. The molecule has 1 aliphatic carbocycles. The van der Waals surface area contributed by atoms with E-state index in [4.69, 9.17) is 4.74 Å². The Morgan fingerprint density at radius 3 is 2.60 bits per heavy atom. The molecular weight excluding hydrogens is 204 g/mol. The Balaban J connectivity index is 1.99. The molecule has 2 rings (SSSR count). The Kier molecular flexibility index (Phi) is 2.96. The minimum absolute atomic E-state index is 0.375. The first-order chi connectivity index (χ1) is 7.15. The van der Waals surface area contributed by atoms with Crippen LogP contribution in [0.2, 0.25) is 0 Å². The van der Waals surface area contributed by atoms with E-state index in [2.05, 4.69) is 44.7 Å². The van der Waals surface area contributed by atoms with Crippen LogP contribution in [0, 0.1) is 19.3 Å². The van der Waals surface area contributed by atoms with Crippen LogP contribution < -0.4 is 4.74 Å². The first-order valence-corrected chi connectivity index (χ1v) is 6.09. The summed E-state index contributed by atoms with van der Waals surface area (Å²) in [6.07, 6.45) is 2.53. The summed E-state index contributed by atoms with van der Waals surface area (Å²) < 4.78 is 5.86. The summed E-state index contributed by atoms with van der Waals surface area (Å²) >= 11 is 4.37. The van der Waals surface area contributed by atoms with Gasteiger partial charge in [-0.05, 0) is 44.1 Å². The Hall–Kier alpha value is -0.630. The van der Waals surface area contributed by atoms with Gasteiger partial charge < -0.3 is 4.74 Å². The van der Waals surface area contributed by atoms with Crippen LogP contribution in [-0.4, -0.2) is 12.4 Å². The molecule has 1 aromatic carbocycles. The highest BCUT2D eigenvalue weighted by molar-refractivity contribution is 7.80. The van der Waals surface area contributed by atoms with Crippen LogP contribution in [0.5, 0.6) is 5.75 Å². The lowest BCUT2D eigenvalue weighted by Gasteiger charge is -2.15. The zero-order valence-electron chi connectivity index (χ0n) is 9.42. The molecule has 0 radical (unpaired) electrons. The monoisotopic (exact) mass is 222 g/mol. The zero-order valence-corrected chi connectivity index (χ0v) is 10.3. The number of rotatable bonds is 4. The standard InChI is InChI=1S/C13H18OS/c1-10-3-4-12(11(2)7-10)14-8-13(9-15)5-6-13/h3-4,7,15H,5-6,8-9H2,1-2H3. The fraction of sp³-hybridized carbons (Fsp3) is 0.538. The molecule has 0 heterocycles. The summed E-state index contributed by atoms with van der Waals surface area (Å²) in [6, 6.07) is 6.33. The number of hydrogen-bond acceptors (Lipinski definition) is 2. The molecule has 1 fully saturated rings. The lowest BCUT2D eigenvalue weighted by Crippen LogP contribution is -2.14. The van der Waals surface area contributed by atoms with Crippen molar-refractivity contribution in [1.29, 1.82) is 0 Å². The van der Waals surface area contributed by atoms with Crippen LogP contribution in [-0.2, 0) is 0 Å². The molecular formula is C13H18OS. The molecule has 0 N–H and O–H groups in total.